The van der Waals surface area contributed by atoms with Crippen molar-refractivity contribution in [3.63, 3.8) is 0 Å². The number of halogens is 1. The molecule has 8 nitrogen and oxygen atoms in total. The van der Waals surface area contributed by atoms with E-state index >= 15 is 0 Å². The molecule has 1 fully saturated rings. The second kappa shape index (κ2) is 13.3. The minimum atomic E-state index is -0.670. The SMILES string of the molecule is CC(C)(C)OC(=O)NCc1ccc(Cl)cc1CNC(=O)[C@@H]1CSCCN1C(=O)OCC1c2ccccc2-c2ccccc21. The fraction of sp³-hybridized carbons (Fsp3) is 0.364. The first-order chi connectivity index (χ1) is 20.6. The number of alkyl carbamates (subject to hydrolysis) is 1. The van der Waals surface area contributed by atoms with Crippen LogP contribution in [0.5, 0.6) is 0 Å². The van der Waals surface area contributed by atoms with Gasteiger partial charge in [0.2, 0.25) is 5.91 Å². The number of fused-ring (bicyclic) bond motifs is 3. The maximum atomic E-state index is 13.4. The molecule has 3 amide bonds. The van der Waals surface area contributed by atoms with Gasteiger partial charge in [0.1, 0.15) is 18.2 Å². The van der Waals surface area contributed by atoms with Crippen LogP contribution in [0.1, 0.15) is 48.9 Å². The van der Waals surface area contributed by atoms with E-state index in [-0.39, 0.29) is 31.5 Å². The average Bonchev–Trinajstić information content (AvgIpc) is 3.31. The number of carbonyl (C=O) groups excluding carboxylic acids is 3. The van der Waals surface area contributed by atoms with Crippen LogP contribution in [0.3, 0.4) is 0 Å². The van der Waals surface area contributed by atoms with Gasteiger partial charge >= 0.3 is 12.2 Å². The average molecular weight is 622 g/mol. The molecular formula is C33H36ClN3O5S. The Morgan fingerprint density at radius 1 is 0.930 bits per heavy atom. The highest BCUT2D eigenvalue weighted by atomic mass is 35.5. The van der Waals surface area contributed by atoms with Crippen LogP contribution in [-0.2, 0) is 27.4 Å². The van der Waals surface area contributed by atoms with Crippen molar-refractivity contribution in [2.75, 3.05) is 24.7 Å². The van der Waals surface area contributed by atoms with Crippen LogP contribution in [0.2, 0.25) is 5.02 Å². The number of hydrogen-bond acceptors (Lipinski definition) is 6. The van der Waals surface area contributed by atoms with Gasteiger partial charge in [0.05, 0.1) is 0 Å². The van der Waals surface area contributed by atoms with Crippen molar-refractivity contribution in [2.45, 2.75) is 51.4 Å². The molecule has 0 unspecified atom stereocenters. The van der Waals surface area contributed by atoms with E-state index in [0.717, 1.165) is 39.1 Å². The molecule has 1 heterocycles. The number of thioether (sulfide) groups is 1. The molecule has 3 aromatic rings. The van der Waals surface area contributed by atoms with Crippen LogP contribution in [0.15, 0.2) is 66.7 Å². The van der Waals surface area contributed by atoms with Crippen molar-refractivity contribution in [2.24, 2.45) is 0 Å². The van der Waals surface area contributed by atoms with E-state index in [4.69, 9.17) is 21.1 Å². The lowest BCUT2D eigenvalue weighted by Gasteiger charge is -2.34. The van der Waals surface area contributed by atoms with E-state index in [9.17, 15) is 14.4 Å². The summed E-state index contributed by atoms with van der Waals surface area (Å²) < 4.78 is 11.2. The van der Waals surface area contributed by atoms with E-state index in [0.29, 0.717) is 17.3 Å². The van der Waals surface area contributed by atoms with Gasteiger partial charge in [0.25, 0.3) is 0 Å². The third-order valence-electron chi connectivity index (χ3n) is 7.45. The van der Waals surface area contributed by atoms with E-state index < -0.39 is 23.8 Å². The lowest BCUT2D eigenvalue weighted by molar-refractivity contribution is -0.125. The van der Waals surface area contributed by atoms with Gasteiger partial charge in [-0.15, -0.1) is 0 Å². The number of nitrogens with zero attached hydrogens (tertiary/aromatic N) is 1. The smallest absolute Gasteiger partial charge is 0.410 e. The van der Waals surface area contributed by atoms with Crippen LogP contribution in [0, 0.1) is 0 Å². The third kappa shape index (κ3) is 7.46. The molecule has 10 heteroatoms. The van der Waals surface area contributed by atoms with E-state index in [2.05, 4.69) is 34.9 Å². The number of hydrogen-bond donors (Lipinski definition) is 2. The molecule has 1 saturated heterocycles. The monoisotopic (exact) mass is 621 g/mol. The second-order valence-corrected chi connectivity index (χ2v) is 13.2. The topological polar surface area (TPSA) is 97.0 Å². The van der Waals surface area contributed by atoms with Crippen LogP contribution in [0.25, 0.3) is 11.1 Å². The van der Waals surface area contributed by atoms with Gasteiger partial charge in [-0.3, -0.25) is 9.69 Å². The maximum absolute atomic E-state index is 13.4. The minimum absolute atomic E-state index is 0.0571. The first kappa shape index (κ1) is 30.8. The lowest BCUT2D eigenvalue weighted by Crippen LogP contribution is -2.54. The van der Waals surface area contributed by atoms with E-state index in [1.807, 2.05) is 24.3 Å². The Kier molecular flexibility index (Phi) is 9.52. The lowest BCUT2D eigenvalue weighted by atomic mass is 9.98. The summed E-state index contributed by atoms with van der Waals surface area (Å²) in [5.41, 5.74) is 5.53. The normalized spacial score (nSPS) is 16.2. The Morgan fingerprint density at radius 2 is 1.58 bits per heavy atom. The molecule has 0 radical (unpaired) electrons. The predicted molar refractivity (Wildman–Crippen MR) is 169 cm³/mol. The summed E-state index contributed by atoms with van der Waals surface area (Å²) >= 11 is 7.88. The van der Waals surface area contributed by atoms with Crippen molar-refractivity contribution in [3.05, 3.63) is 94.0 Å². The summed E-state index contributed by atoms with van der Waals surface area (Å²) in [5.74, 6) is 0.867. The molecule has 1 aliphatic heterocycles. The zero-order valence-electron chi connectivity index (χ0n) is 24.5. The number of benzene rings is 3. The molecule has 0 spiro atoms. The van der Waals surface area contributed by atoms with Crippen LogP contribution >= 0.6 is 23.4 Å². The Bertz CT molecular complexity index is 1460. The maximum Gasteiger partial charge on any atom is 0.410 e. The number of rotatable bonds is 7. The van der Waals surface area contributed by atoms with Crippen molar-refractivity contribution in [3.8, 4) is 11.1 Å². The highest BCUT2D eigenvalue weighted by Gasteiger charge is 2.35. The quantitative estimate of drug-likeness (QED) is 0.319. The highest BCUT2D eigenvalue weighted by Crippen LogP contribution is 2.44. The number of carbonyl (C=O) groups is 3. The van der Waals surface area contributed by atoms with Crippen molar-refractivity contribution in [1.29, 1.82) is 0 Å². The van der Waals surface area contributed by atoms with Crippen molar-refractivity contribution >= 4 is 41.5 Å². The molecule has 0 bridgehead atoms. The molecule has 0 saturated carbocycles. The predicted octanol–water partition coefficient (Wildman–Crippen LogP) is 6.35. The van der Waals surface area contributed by atoms with Crippen LogP contribution in [0.4, 0.5) is 9.59 Å². The van der Waals surface area contributed by atoms with Gasteiger partial charge in [-0.05, 0) is 66.3 Å². The van der Waals surface area contributed by atoms with Gasteiger partial charge in [-0.25, -0.2) is 9.59 Å². The fourth-order valence-electron chi connectivity index (χ4n) is 5.43. The number of ether oxygens (including phenoxy) is 2. The molecular weight excluding hydrogens is 586 g/mol. The molecule has 0 aromatic heterocycles. The molecule has 43 heavy (non-hydrogen) atoms. The van der Waals surface area contributed by atoms with Gasteiger partial charge in [-0.2, -0.15) is 11.8 Å². The molecule has 1 atom stereocenters. The van der Waals surface area contributed by atoms with Crippen molar-refractivity contribution in [1.82, 2.24) is 15.5 Å². The zero-order valence-corrected chi connectivity index (χ0v) is 26.1. The second-order valence-electron chi connectivity index (χ2n) is 11.6. The molecule has 226 valence electrons. The van der Waals surface area contributed by atoms with Gasteiger partial charge < -0.3 is 20.1 Å². The molecule has 2 aliphatic rings. The van der Waals surface area contributed by atoms with Crippen LogP contribution in [-0.4, -0.2) is 59.3 Å². The molecule has 2 N–H and O–H groups in total. The number of amides is 3. The van der Waals surface area contributed by atoms with Crippen LogP contribution < -0.4 is 10.6 Å². The summed E-state index contributed by atoms with van der Waals surface area (Å²) in [7, 11) is 0. The molecule has 3 aromatic carbocycles. The molecule has 1 aliphatic carbocycles. The Morgan fingerprint density at radius 3 is 2.26 bits per heavy atom. The van der Waals surface area contributed by atoms with Gasteiger partial charge in [-0.1, -0.05) is 66.2 Å². The molecule has 5 rings (SSSR count). The fourth-order valence-corrected chi connectivity index (χ4v) is 6.67. The Hall–Kier alpha value is -3.69. The summed E-state index contributed by atoms with van der Waals surface area (Å²) in [6, 6.07) is 21.0. The van der Waals surface area contributed by atoms with Crippen molar-refractivity contribution < 1.29 is 23.9 Å². The number of nitrogens with one attached hydrogen (secondary N) is 2. The summed E-state index contributed by atoms with van der Waals surface area (Å²) in [5, 5.41) is 6.23. The van der Waals surface area contributed by atoms with Gasteiger partial charge in [0, 0.05) is 42.1 Å². The zero-order chi connectivity index (χ0) is 30.6. The third-order valence-corrected chi connectivity index (χ3v) is 8.70. The summed E-state index contributed by atoms with van der Waals surface area (Å²) in [4.78, 5) is 40.4. The summed E-state index contributed by atoms with van der Waals surface area (Å²) in [6.07, 6.45) is -1.03. The largest absolute Gasteiger partial charge is 0.448 e. The summed E-state index contributed by atoms with van der Waals surface area (Å²) in [6.45, 7) is 6.40. The van der Waals surface area contributed by atoms with E-state index in [1.54, 1.807) is 50.7 Å². The Labute approximate surface area is 261 Å². The first-order valence-electron chi connectivity index (χ1n) is 14.3. The van der Waals surface area contributed by atoms with E-state index in [1.165, 1.54) is 4.90 Å². The first-order valence-corrected chi connectivity index (χ1v) is 15.8. The highest BCUT2D eigenvalue weighted by molar-refractivity contribution is 7.99. The van der Waals surface area contributed by atoms with Gasteiger partial charge in [0.15, 0.2) is 0 Å². The standard InChI is InChI=1S/C33H36ClN3O5S/c1-33(2,3)42-31(39)36-17-21-12-13-23(34)16-22(21)18-35-30(38)29-20-43-15-14-37(29)32(40)41-19-28-26-10-6-4-8-24(26)25-9-5-7-11-27(25)28/h4-13,16,28-29H,14-15,17-20H2,1-3H3,(H,35,38)(H,36,39)/t29-/m0/s1. The Balaban J connectivity index is 1.21. The minimum Gasteiger partial charge on any atom is -0.448 e.